The van der Waals surface area contributed by atoms with Crippen LogP contribution in [-0.2, 0) is 4.74 Å². The molecule has 2 aromatic carbocycles. The highest BCUT2D eigenvalue weighted by Crippen LogP contribution is 2.29. The van der Waals surface area contributed by atoms with E-state index in [4.69, 9.17) is 9.72 Å². The van der Waals surface area contributed by atoms with Crippen LogP contribution in [0.15, 0.2) is 66.9 Å². The lowest BCUT2D eigenvalue weighted by Gasteiger charge is -2.31. The number of aromatic amines is 1. The number of aromatic nitrogens is 2. The number of imidazole rings is 1. The highest BCUT2D eigenvalue weighted by Gasteiger charge is 2.29. The Hall–Kier alpha value is -3.08. The molecule has 5 heteroatoms. The second kappa shape index (κ2) is 7.66. The van der Waals surface area contributed by atoms with E-state index in [1.54, 1.807) is 4.90 Å². The third-order valence-electron chi connectivity index (χ3n) is 4.07. The van der Waals surface area contributed by atoms with Crippen LogP contribution in [0.4, 0.5) is 10.5 Å². The number of hydrogen-bond acceptors (Lipinski definition) is 3. The fraction of sp³-hybridized carbons (Fsp3) is 0.273. The van der Waals surface area contributed by atoms with Gasteiger partial charge in [0, 0.05) is 17.4 Å². The maximum absolute atomic E-state index is 12.9. The Morgan fingerprint density at radius 2 is 1.63 bits per heavy atom. The molecule has 3 rings (SSSR count). The van der Waals surface area contributed by atoms with Crippen molar-refractivity contribution in [1.29, 1.82) is 0 Å². The number of para-hydroxylation sites is 1. The molecule has 0 saturated carbocycles. The minimum absolute atomic E-state index is 0.320. The van der Waals surface area contributed by atoms with Gasteiger partial charge in [0.25, 0.3) is 0 Å². The standard InChI is InChI=1S/C22H25N3O2/c1-16(20-23-15-19(24-20)17-11-7-5-8-12-17)25(18-13-9-6-10-14-18)21(26)27-22(2,3)4/h5-16H,1-4H3,(H,23,24). The normalized spacial score (nSPS) is 12.4. The number of anilines is 1. The molecule has 1 atom stereocenters. The highest BCUT2D eigenvalue weighted by molar-refractivity contribution is 5.88. The average Bonchev–Trinajstić information content (AvgIpc) is 3.12. The predicted octanol–water partition coefficient (Wildman–Crippen LogP) is 5.58. The highest BCUT2D eigenvalue weighted by atomic mass is 16.6. The average molecular weight is 363 g/mol. The maximum Gasteiger partial charge on any atom is 0.415 e. The molecule has 3 aromatic rings. The van der Waals surface area contributed by atoms with Gasteiger partial charge in [-0.1, -0.05) is 48.5 Å². The van der Waals surface area contributed by atoms with Gasteiger partial charge in [-0.3, -0.25) is 4.90 Å². The summed E-state index contributed by atoms with van der Waals surface area (Å²) in [5, 5.41) is 0. The van der Waals surface area contributed by atoms with Crippen LogP contribution in [0.25, 0.3) is 11.3 Å². The van der Waals surface area contributed by atoms with Gasteiger partial charge in [-0.15, -0.1) is 0 Å². The second-order valence-electron chi connectivity index (χ2n) is 7.40. The molecule has 0 bridgehead atoms. The van der Waals surface area contributed by atoms with E-state index in [1.807, 2.05) is 94.6 Å². The summed E-state index contributed by atoms with van der Waals surface area (Å²) in [5.74, 6) is 0.698. The number of carbonyl (C=O) groups is 1. The monoisotopic (exact) mass is 363 g/mol. The van der Waals surface area contributed by atoms with Crippen LogP contribution >= 0.6 is 0 Å². The molecule has 0 aliphatic rings. The van der Waals surface area contributed by atoms with E-state index in [9.17, 15) is 4.79 Å². The number of nitrogens with one attached hydrogen (secondary N) is 1. The van der Waals surface area contributed by atoms with E-state index in [0.717, 1.165) is 16.9 Å². The van der Waals surface area contributed by atoms with Crippen LogP contribution in [0, 0.1) is 0 Å². The van der Waals surface area contributed by atoms with Gasteiger partial charge >= 0.3 is 6.09 Å². The largest absolute Gasteiger partial charge is 0.443 e. The fourth-order valence-corrected chi connectivity index (χ4v) is 2.82. The lowest BCUT2D eigenvalue weighted by atomic mass is 10.2. The molecule has 1 amide bonds. The minimum Gasteiger partial charge on any atom is -0.443 e. The van der Waals surface area contributed by atoms with Crippen molar-refractivity contribution in [3.63, 3.8) is 0 Å². The summed E-state index contributed by atoms with van der Waals surface area (Å²) >= 11 is 0. The Labute approximate surface area is 160 Å². The number of H-pyrrole nitrogens is 1. The zero-order valence-electron chi connectivity index (χ0n) is 16.1. The number of amides is 1. The van der Waals surface area contributed by atoms with Crippen LogP contribution in [0.2, 0.25) is 0 Å². The molecule has 27 heavy (non-hydrogen) atoms. The predicted molar refractivity (Wildman–Crippen MR) is 108 cm³/mol. The van der Waals surface area contributed by atoms with Gasteiger partial charge in [-0.2, -0.15) is 0 Å². The van der Waals surface area contributed by atoms with Crippen molar-refractivity contribution in [2.45, 2.75) is 39.3 Å². The van der Waals surface area contributed by atoms with Crippen molar-refractivity contribution in [3.05, 3.63) is 72.7 Å². The first kappa shape index (κ1) is 18.7. The summed E-state index contributed by atoms with van der Waals surface area (Å²) in [6.07, 6.45) is 1.46. The van der Waals surface area contributed by atoms with Crippen LogP contribution < -0.4 is 4.90 Å². The molecule has 140 valence electrons. The van der Waals surface area contributed by atoms with E-state index in [2.05, 4.69) is 4.98 Å². The first-order valence-corrected chi connectivity index (χ1v) is 9.03. The van der Waals surface area contributed by atoms with Crippen LogP contribution in [0.1, 0.15) is 39.6 Å². The van der Waals surface area contributed by atoms with Crippen molar-refractivity contribution < 1.29 is 9.53 Å². The summed E-state index contributed by atoms with van der Waals surface area (Å²) < 4.78 is 5.63. The zero-order chi connectivity index (χ0) is 19.4. The Morgan fingerprint density at radius 3 is 2.22 bits per heavy atom. The third kappa shape index (κ3) is 4.56. The molecule has 0 fully saturated rings. The van der Waals surface area contributed by atoms with E-state index in [1.165, 1.54) is 0 Å². The van der Waals surface area contributed by atoms with E-state index >= 15 is 0 Å². The number of nitrogens with zero attached hydrogens (tertiary/aromatic N) is 2. The summed E-state index contributed by atoms with van der Waals surface area (Å²) in [5.41, 5.74) is 2.05. The summed E-state index contributed by atoms with van der Waals surface area (Å²) in [6, 6.07) is 19.1. The van der Waals surface area contributed by atoms with Crippen LogP contribution in [-0.4, -0.2) is 21.7 Å². The maximum atomic E-state index is 12.9. The molecule has 1 N–H and O–H groups in total. The van der Waals surface area contributed by atoms with Crippen molar-refractivity contribution >= 4 is 11.8 Å². The molecule has 1 aromatic heterocycles. The number of carbonyl (C=O) groups excluding carboxylic acids is 1. The minimum atomic E-state index is -0.581. The molecule has 0 aliphatic heterocycles. The number of rotatable bonds is 4. The topological polar surface area (TPSA) is 58.2 Å². The molecule has 0 saturated heterocycles. The Morgan fingerprint density at radius 1 is 1.04 bits per heavy atom. The smallest absolute Gasteiger partial charge is 0.415 e. The first-order valence-electron chi connectivity index (χ1n) is 9.03. The van der Waals surface area contributed by atoms with Gasteiger partial charge in [0.15, 0.2) is 0 Å². The first-order chi connectivity index (χ1) is 12.8. The molecule has 0 aliphatic carbocycles. The SMILES string of the molecule is CC(c1nc(-c2ccccc2)c[nH]1)N(C(=O)OC(C)(C)C)c1ccccc1. The van der Waals surface area contributed by atoms with Gasteiger partial charge in [-0.25, -0.2) is 9.78 Å². The van der Waals surface area contributed by atoms with Crippen molar-refractivity contribution in [2.24, 2.45) is 0 Å². The van der Waals surface area contributed by atoms with Gasteiger partial charge in [-0.05, 0) is 39.8 Å². The second-order valence-corrected chi connectivity index (χ2v) is 7.40. The molecule has 0 spiro atoms. The summed E-state index contributed by atoms with van der Waals surface area (Å²) in [4.78, 5) is 22.4. The molecule has 1 unspecified atom stereocenters. The van der Waals surface area contributed by atoms with Crippen LogP contribution in [0.3, 0.4) is 0 Å². The number of ether oxygens (including phenoxy) is 1. The van der Waals surface area contributed by atoms with Gasteiger partial charge in [0.05, 0.1) is 11.7 Å². The Bertz CT molecular complexity index is 883. The Balaban J connectivity index is 1.93. The molecular formula is C22H25N3O2. The van der Waals surface area contributed by atoms with Crippen LogP contribution in [0.5, 0.6) is 0 Å². The zero-order valence-corrected chi connectivity index (χ0v) is 16.1. The summed E-state index contributed by atoms with van der Waals surface area (Å²) in [7, 11) is 0. The molecule has 5 nitrogen and oxygen atoms in total. The fourth-order valence-electron chi connectivity index (χ4n) is 2.82. The number of hydrogen-bond donors (Lipinski definition) is 1. The summed E-state index contributed by atoms with van der Waals surface area (Å²) in [6.45, 7) is 7.52. The molecular weight excluding hydrogens is 338 g/mol. The molecule has 0 radical (unpaired) electrons. The van der Waals surface area contributed by atoms with E-state index in [-0.39, 0.29) is 6.04 Å². The molecule has 1 heterocycles. The number of benzene rings is 2. The van der Waals surface area contributed by atoms with Crippen molar-refractivity contribution in [3.8, 4) is 11.3 Å². The van der Waals surface area contributed by atoms with Crippen molar-refractivity contribution in [1.82, 2.24) is 9.97 Å². The lowest BCUT2D eigenvalue weighted by Crippen LogP contribution is -2.39. The lowest BCUT2D eigenvalue weighted by molar-refractivity contribution is 0.0566. The van der Waals surface area contributed by atoms with E-state index < -0.39 is 11.7 Å². The van der Waals surface area contributed by atoms with E-state index in [0.29, 0.717) is 5.82 Å². The van der Waals surface area contributed by atoms with Crippen molar-refractivity contribution in [2.75, 3.05) is 4.90 Å². The quantitative estimate of drug-likeness (QED) is 0.658. The Kier molecular flexibility index (Phi) is 5.31. The van der Waals surface area contributed by atoms with Gasteiger partial charge < -0.3 is 9.72 Å². The van der Waals surface area contributed by atoms with Gasteiger partial charge in [0.1, 0.15) is 11.4 Å². The van der Waals surface area contributed by atoms with Gasteiger partial charge in [0.2, 0.25) is 0 Å². The third-order valence-corrected chi connectivity index (χ3v) is 4.07.